The van der Waals surface area contributed by atoms with Crippen LogP contribution in [0, 0.1) is 0 Å². The van der Waals surface area contributed by atoms with Gasteiger partial charge in [-0.25, -0.2) is 0 Å². The fraction of sp³-hybridized carbons (Fsp3) is 0.231. The number of H-pyrrole nitrogens is 1. The van der Waals surface area contributed by atoms with Crippen LogP contribution in [0.15, 0.2) is 30.6 Å². The smallest absolute Gasteiger partial charge is 0.251 e. The summed E-state index contributed by atoms with van der Waals surface area (Å²) in [5, 5.41) is 12.7. The van der Waals surface area contributed by atoms with Crippen molar-refractivity contribution in [1.82, 2.24) is 20.8 Å². The minimum atomic E-state index is -0.0501. The number of carbonyl (C=O) groups is 1. The maximum atomic E-state index is 12.0. The summed E-state index contributed by atoms with van der Waals surface area (Å²) in [7, 11) is 0. The molecule has 2 aromatic rings. The molecule has 0 saturated carbocycles. The van der Waals surface area contributed by atoms with Crippen molar-refractivity contribution in [3.63, 3.8) is 0 Å². The predicted octanol–water partition coefficient (Wildman–Crippen LogP) is 0.943. The Morgan fingerprint density at radius 2 is 2.22 bits per heavy atom. The number of hydrogen-bond donors (Lipinski definition) is 3. The van der Waals surface area contributed by atoms with Crippen molar-refractivity contribution in [2.24, 2.45) is 0 Å². The maximum absolute atomic E-state index is 12.0. The lowest BCUT2D eigenvalue weighted by molar-refractivity contribution is 0.0951. The van der Waals surface area contributed by atoms with E-state index in [1.165, 1.54) is 11.1 Å². The number of benzene rings is 1. The van der Waals surface area contributed by atoms with E-state index in [-0.39, 0.29) is 5.91 Å². The molecule has 1 aliphatic rings. The second-order valence-electron chi connectivity index (χ2n) is 4.38. The average molecular weight is 242 g/mol. The third-order valence-corrected chi connectivity index (χ3v) is 3.11. The van der Waals surface area contributed by atoms with Crippen LogP contribution in [0.4, 0.5) is 0 Å². The first-order chi connectivity index (χ1) is 8.83. The summed E-state index contributed by atoms with van der Waals surface area (Å²) in [6.07, 6.45) is 3.47. The van der Waals surface area contributed by atoms with Gasteiger partial charge < -0.3 is 10.6 Å². The summed E-state index contributed by atoms with van der Waals surface area (Å²) in [5.74, 6) is -0.0501. The largest absolute Gasteiger partial charge is 0.348 e. The van der Waals surface area contributed by atoms with Gasteiger partial charge in [0.2, 0.25) is 0 Å². The Balaban J connectivity index is 1.69. The lowest BCUT2D eigenvalue weighted by Gasteiger charge is -2.05. The van der Waals surface area contributed by atoms with E-state index < -0.39 is 0 Å². The Bertz CT molecular complexity index is 562. The van der Waals surface area contributed by atoms with Crippen LogP contribution in [-0.4, -0.2) is 16.1 Å². The van der Waals surface area contributed by atoms with Gasteiger partial charge in [0.15, 0.2) is 0 Å². The van der Waals surface area contributed by atoms with Gasteiger partial charge in [-0.2, -0.15) is 5.10 Å². The Labute approximate surface area is 105 Å². The van der Waals surface area contributed by atoms with E-state index in [2.05, 4.69) is 20.8 Å². The van der Waals surface area contributed by atoms with Gasteiger partial charge in [-0.1, -0.05) is 6.07 Å². The van der Waals surface area contributed by atoms with Crippen LogP contribution in [0.2, 0.25) is 0 Å². The molecule has 0 bridgehead atoms. The van der Waals surface area contributed by atoms with Crippen molar-refractivity contribution in [3.8, 4) is 0 Å². The fourth-order valence-electron chi connectivity index (χ4n) is 2.09. The molecule has 0 unspecified atom stereocenters. The van der Waals surface area contributed by atoms with Crippen molar-refractivity contribution in [2.75, 3.05) is 0 Å². The minimum Gasteiger partial charge on any atom is -0.348 e. The quantitative estimate of drug-likeness (QED) is 0.750. The number of aromatic nitrogens is 2. The van der Waals surface area contributed by atoms with Gasteiger partial charge in [-0.3, -0.25) is 9.89 Å². The average Bonchev–Trinajstić information content (AvgIpc) is 3.05. The van der Waals surface area contributed by atoms with Crippen LogP contribution in [0.3, 0.4) is 0 Å². The molecule has 18 heavy (non-hydrogen) atoms. The van der Waals surface area contributed by atoms with Crippen molar-refractivity contribution in [2.45, 2.75) is 19.6 Å². The Hall–Kier alpha value is -2.14. The molecule has 0 spiro atoms. The first-order valence-corrected chi connectivity index (χ1v) is 5.91. The summed E-state index contributed by atoms with van der Waals surface area (Å²) in [6, 6.07) is 5.85. The van der Waals surface area contributed by atoms with E-state index >= 15 is 0 Å². The highest BCUT2D eigenvalue weighted by Crippen LogP contribution is 2.16. The van der Waals surface area contributed by atoms with E-state index in [0.29, 0.717) is 12.1 Å². The molecule has 0 radical (unpaired) electrons. The molecule has 5 heteroatoms. The summed E-state index contributed by atoms with van der Waals surface area (Å²) >= 11 is 0. The molecule has 0 aliphatic carbocycles. The number of nitrogens with one attached hydrogen (secondary N) is 3. The highest BCUT2D eigenvalue weighted by Gasteiger charge is 2.13. The van der Waals surface area contributed by atoms with Crippen molar-refractivity contribution in [1.29, 1.82) is 0 Å². The number of aromatic amines is 1. The molecule has 1 aromatic heterocycles. The van der Waals surface area contributed by atoms with Crippen LogP contribution >= 0.6 is 0 Å². The third kappa shape index (κ3) is 2.12. The molecule has 2 heterocycles. The number of amides is 1. The predicted molar refractivity (Wildman–Crippen MR) is 66.7 cm³/mol. The molecule has 92 valence electrons. The van der Waals surface area contributed by atoms with Gasteiger partial charge >= 0.3 is 0 Å². The van der Waals surface area contributed by atoms with Crippen LogP contribution in [-0.2, 0) is 19.6 Å². The van der Waals surface area contributed by atoms with Gasteiger partial charge in [0.25, 0.3) is 5.91 Å². The molecule has 0 fully saturated rings. The van der Waals surface area contributed by atoms with Crippen molar-refractivity contribution < 1.29 is 4.79 Å². The Kier molecular flexibility index (Phi) is 2.82. The van der Waals surface area contributed by atoms with Crippen molar-refractivity contribution >= 4 is 5.91 Å². The summed E-state index contributed by atoms with van der Waals surface area (Å²) in [5.41, 5.74) is 4.17. The highest BCUT2D eigenvalue weighted by atomic mass is 16.1. The van der Waals surface area contributed by atoms with Crippen molar-refractivity contribution in [3.05, 3.63) is 52.8 Å². The van der Waals surface area contributed by atoms with E-state index in [4.69, 9.17) is 0 Å². The zero-order valence-corrected chi connectivity index (χ0v) is 9.86. The normalized spacial score (nSPS) is 13.3. The summed E-state index contributed by atoms with van der Waals surface area (Å²) in [6.45, 7) is 2.23. The molecular weight excluding hydrogens is 228 g/mol. The number of rotatable bonds is 3. The second-order valence-corrected chi connectivity index (χ2v) is 4.38. The molecular formula is C13H14N4O. The molecule has 1 aromatic carbocycles. The van der Waals surface area contributed by atoms with E-state index in [9.17, 15) is 4.79 Å². The Morgan fingerprint density at radius 3 is 3.06 bits per heavy atom. The van der Waals surface area contributed by atoms with Gasteiger partial charge in [0.05, 0.1) is 6.20 Å². The van der Waals surface area contributed by atoms with Crippen LogP contribution in [0.25, 0.3) is 0 Å². The van der Waals surface area contributed by atoms with E-state index in [0.717, 1.165) is 18.7 Å². The van der Waals surface area contributed by atoms with E-state index in [1.54, 1.807) is 12.4 Å². The van der Waals surface area contributed by atoms with Crippen LogP contribution in [0.1, 0.15) is 27.0 Å². The summed E-state index contributed by atoms with van der Waals surface area (Å²) in [4.78, 5) is 12.0. The minimum absolute atomic E-state index is 0.0501. The molecule has 1 aliphatic heterocycles. The lowest BCUT2D eigenvalue weighted by Crippen LogP contribution is -2.22. The molecule has 5 nitrogen and oxygen atoms in total. The molecule has 1 amide bonds. The Morgan fingerprint density at radius 1 is 1.33 bits per heavy atom. The first-order valence-electron chi connectivity index (χ1n) is 5.91. The second kappa shape index (κ2) is 4.62. The lowest BCUT2D eigenvalue weighted by atomic mass is 10.1. The monoisotopic (exact) mass is 242 g/mol. The fourth-order valence-corrected chi connectivity index (χ4v) is 2.09. The number of fused-ring (bicyclic) bond motifs is 1. The molecule has 3 rings (SSSR count). The number of nitrogens with zero attached hydrogens (tertiary/aromatic N) is 1. The van der Waals surface area contributed by atoms with Gasteiger partial charge in [0.1, 0.15) is 0 Å². The zero-order chi connectivity index (χ0) is 12.4. The number of hydrogen-bond acceptors (Lipinski definition) is 3. The SMILES string of the molecule is O=C(NCc1cn[nH]c1)c1ccc2c(c1)CNC2. The third-order valence-electron chi connectivity index (χ3n) is 3.11. The van der Waals surface area contributed by atoms with Crippen LogP contribution in [0.5, 0.6) is 0 Å². The molecule has 0 atom stereocenters. The highest BCUT2D eigenvalue weighted by molar-refractivity contribution is 5.94. The summed E-state index contributed by atoms with van der Waals surface area (Å²) < 4.78 is 0. The zero-order valence-electron chi connectivity index (χ0n) is 9.86. The molecule has 3 N–H and O–H groups in total. The van der Waals surface area contributed by atoms with Gasteiger partial charge in [-0.05, 0) is 23.3 Å². The maximum Gasteiger partial charge on any atom is 0.251 e. The molecule has 0 saturated heterocycles. The number of carbonyl (C=O) groups excluding carboxylic acids is 1. The van der Waals surface area contributed by atoms with Crippen LogP contribution < -0.4 is 10.6 Å². The van der Waals surface area contributed by atoms with Gasteiger partial charge in [0, 0.05) is 37.0 Å². The standard InChI is InChI=1S/C13H14N4O/c18-13(15-4-9-5-16-17-6-9)10-1-2-11-7-14-8-12(11)3-10/h1-3,5-6,14H,4,7-8H2,(H,15,18)(H,16,17). The topological polar surface area (TPSA) is 69.8 Å². The van der Waals surface area contributed by atoms with E-state index in [1.807, 2.05) is 18.2 Å². The first kappa shape index (κ1) is 11.0. The van der Waals surface area contributed by atoms with Gasteiger partial charge in [-0.15, -0.1) is 0 Å².